The van der Waals surface area contributed by atoms with Gasteiger partial charge in [-0.3, -0.25) is 4.79 Å². The minimum atomic E-state index is 0.0334. The van der Waals surface area contributed by atoms with Gasteiger partial charge in [-0.1, -0.05) is 18.2 Å². The van der Waals surface area contributed by atoms with Crippen LogP contribution in [0.3, 0.4) is 0 Å². The number of carbonyl (C=O) groups excluding carboxylic acids is 1. The van der Waals surface area contributed by atoms with E-state index in [0.717, 1.165) is 25.2 Å². The van der Waals surface area contributed by atoms with E-state index >= 15 is 0 Å². The van der Waals surface area contributed by atoms with Gasteiger partial charge in [0.2, 0.25) is 5.78 Å². The second-order valence-electron chi connectivity index (χ2n) is 4.55. The fourth-order valence-corrected chi connectivity index (χ4v) is 3.72. The summed E-state index contributed by atoms with van der Waals surface area (Å²) in [4.78, 5) is 13.4. The zero-order valence-corrected chi connectivity index (χ0v) is 13.8. The maximum atomic E-state index is 12.6. The maximum Gasteiger partial charge on any atom is 0.204 e. The topological polar surface area (TPSA) is 26.3 Å². The molecule has 0 unspecified atom stereocenters. The normalized spacial score (nSPS) is 10.8. The van der Waals surface area contributed by atoms with E-state index in [1.807, 2.05) is 55.5 Å². The second-order valence-corrected chi connectivity index (χ2v) is 6.49. The highest BCUT2D eigenvalue weighted by molar-refractivity contribution is 9.10. The van der Waals surface area contributed by atoms with E-state index in [1.54, 1.807) is 0 Å². The summed E-state index contributed by atoms with van der Waals surface area (Å²) in [5, 5.41) is 1.10. The van der Waals surface area contributed by atoms with E-state index in [0.29, 0.717) is 12.2 Å². The molecule has 0 aliphatic rings. The summed E-state index contributed by atoms with van der Waals surface area (Å²) in [7, 11) is 0. The Kier molecular flexibility index (Phi) is 4.08. The van der Waals surface area contributed by atoms with Crippen LogP contribution < -0.4 is 4.74 Å². The molecule has 0 amide bonds. The molecule has 2 nitrogen and oxygen atoms in total. The Balaban J connectivity index is 1.97. The van der Waals surface area contributed by atoms with Crippen molar-refractivity contribution in [2.24, 2.45) is 0 Å². The van der Waals surface area contributed by atoms with E-state index in [1.165, 1.54) is 11.3 Å². The number of halogens is 1. The molecule has 0 fully saturated rings. The van der Waals surface area contributed by atoms with E-state index in [-0.39, 0.29) is 5.78 Å². The molecule has 0 spiro atoms. The third kappa shape index (κ3) is 2.87. The number of carbonyl (C=O) groups is 1. The minimum Gasteiger partial charge on any atom is -0.494 e. The van der Waals surface area contributed by atoms with Crippen LogP contribution in [-0.4, -0.2) is 12.4 Å². The molecule has 1 aromatic heterocycles. The smallest absolute Gasteiger partial charge is 0.204 e. The number of thiophene rings is 1. The molecule has 3 aromatic rings. The van der Waals surface area contributed by atoms with E-state index in [4.69, 9.17) is 4.74 Å². The second kappa shape index (κ2) is 6.00. The molecule has 0 radical (unpaired) electrons. The van der Waals surface area contributed by atoms with Gasteiger partial charge >= 0.3 is 0 Å². The first kappa shape index (κ1) is 14.3. The molecule has 4 heteroatoms. The summed E-state index contributed by atoms with van der Waals surface area (Å²) < 4.78 is 7.32. The van der Waals surface area contributed by atoms with Crippen molar-refractivity contribution >= 4 is 43.1 Å². The summed E-state index contributed by atoms with van der Waals surface area (Å²) in [6, 6.07) is 15.4. The number of rotatable bonds is 4. The van der Waals surface area contributed by atoms with Crippen molar-refractivity contribution in [1.29, 1.82) is 0 Å². The molecule has 21 heavy (non-hydrogen) atoms. The molecule has 0 aliphatic carbocycles. The lowest BCUT2D eigenvalue weighted by molar-refractivity contribution is 0.104. The van der Waals surface area contributed by atoms with Crippen LogP contribution in [0.1, 0.15) is 22.2 Å². The lowest BCUT2D eigenvalue weighted by Gasteiger charge is -2.06. The van der Waals surface area contributed by atoms with Crippen LogP contribution in [0.2, 0.25) is 0 Å². The number of benzene rings is 2. The van der Waals surface area contributed by atoms with Gasteiger partial charge in [-0.25, -0.2) is 0 Å². The van der Waals surface area contributed by atoms with Gasteiger partial charge in [0.05, 0.1) is 11.5 Å². The van der Waals surface area contributed by atoms with Gasteiger partial charge in [0.25, 0.3) is 0 Å². The molecule has 0 saturated heterocycles. The van der Waals surface area contributed by atoms with Crippen LogP contribution in [0, 0.1) is 0 Å². The Bertz CT molecular complexity index is 774. The summed E-state index contributed by atoms with van der Waals surface area (Å²) in [6.07, 6.45) is 0. The van der Waals surface area contributed by atoms with Crippen molar-refractivity contribution in [3.8, 4) is 5.75 Å². The van der Waals surface area contributed by atoms with Crippen LogP contribution in [-0.2, 0) is 0 Å². The molecule has 0 N–H and O–H groups in total. The SMILES string of the molecule is CCOc1ccc(C(=O)c2cc3ccccc3s2)c(Br)c1. The standard InChI is InChI=1S/C17H13BrO2S/c1-2-20-12-7-8-13(14(18)10-12)17(19)16-9-11-5-3-4-6-15(11)21-16/h3-10H,2H2,1H3. The van der Waals surface area contributed by atoms with Crippen molar-refractivity contribution in [1.82, 2.24) is 0 Å². The van der Waals surface area contributed by atoms with Crippen molar-refractivity contribution in [3.63, 3.8) is 0 Å². The number of fused-ring (bicyclic) bond motifs is 1. The van der Waals surface area contributed by atoms with E-state index < -0.39 is 0 Å². The fourth-order valence-electron chi connectivity index (χ4n) is 2.16. The molecule has 106 valence electrons. The molecule has 1 heterocycles. The lowest BCUT2D eigenvalue weighted by Crippen LogP contribution is -2.00. The van der Waals surface area contributed by atoms with Crippen LogP contribution in [0.25, 0.3) is 10.1 Å². The van der Waals surface area contributed by atoms with Gasteiger partial charge in [0, 0.05) is 14.7 Å². The lowest BCUT2D eigenvalue weighted by atomic mass is 10.1. The van der Waals surface area contributed by atoms with Crippen molar-refractivity contribution in [2.75, 3.05) is 6.61 Å². The molecular weight excluding hydrogens is 348 g/mol. The zero-order valence-electron chi connectivity index (χ0n) is 11.4. The first-order valence-corrected chi connectivity index (χ1v) is 8.25. The quantitative estimate of drug-likeness (QED) is 0.590. The predicted octanol–water partition coefficient (Wildman–Crippen LogP) is 5.29. The average molecular weight is 361 g/mol. The molecule has 2 aromatic carbocycles. The first-order valence-electron chi connectivity index (χ1n) is 6.64. The van der Waals surface area contributed by atoms with Gasteiger partial charge in [0.15, 0.2) is 0 Å². The Morgan fingerprint density at radius 3 is 2.71 bits per heavy atom. The Morgan fingerprint density at radius 1 is 1.19 bits per heavy atom. The summed E-state index contributed by atoms with van der Waals surface area (Å²) in [6.45, 7) is 2.54. The Hall–Kier alpha value is -1.65. The van der Waals surface area contributed by atoms with Crippen molar-refractivity contribution < 1.29 is 9.53 Å². The first-order chi connectivity index (χ1) is 10.2. The maximum absolute atomic E-state index is 12.6. The van der Waals surface area contributed by atoms with Crippen LogP contribution in [0.5, 0.6) is 5.75 Å². The fraction of sp³-hybridized carbons (Fsp3) is 0.118. The Labute approximate surface area is 135 Å². The van der Waals surface area contributed by atoms with Gasteiger partial charge in [-0.15, -0.1) is 11.3 Å². The number of hydrogen-bond acceptors (Lipinski definition) is 3. The highest BCUT2D eigenvalue weighted by Gasteiger charge is 2.16. The number of hydrogen-bond donors (Lipinski definition) is 0. The van der Waals surface area contributed by atoms with Gasteiger partial charge < -0.3 is 4.74 Å². The van der Waals surface area contributed by atoms with Crippen LogP contribution >= 0.6 is 27.3 Å². The van der Waals surface area contributed by atoms with Gasteiger partial charge in [-0.2, -0.15) is 0 Å². The molecule has 0 aliphatic heterocycles. The van der Waals surface area contributed by atoms with Crippen molar-refractivity contribution in [2.45, 2.75) is 6.92 Å². The van der Waals surface area contributed by atoms with Crippen LogP contribution in [0.4, 0.5) is 0 Å². The molecule has 0 atom stereocenters. The monoisotopic (exact) mass is 360 g/mol. The highest BCUT2D eigenvalue weighted by atomic mass is 79.9. The average Bonchev–Trinajstić information content (AvgIpc) is 2.91. The van der Waals surface area contributed by atoms with E-state index in [2.05, 4.69) is 15.9 Å². The minimum absolute atomic E-state index is 0.0334. The predicted molar refractivity (Wildman–Crippen MR) is 90.6 cm³/mol. The third-order valence-corrected chi connectivity index (χ3v) is 4.92. The zero-order chi connectivity index (χ0) is 14.8. The van der Waals surface area contributed by atoms with Gasteiger partial charge in [-0.05, 0) is 58.6 Å². The van der Waals surface area contributed by atoms with E-state index in [9.17, 15) is 4.79 Å². The largest absolute Gasteiger partial charge is 0.494 e. The number of ketones is 1. The van der Waals surface area contributed by atoms with Crippen LogP contribution in [0.15, 0.2) is 53.0 Å². The molecule has 3 rings (SSSR count). The molecule has 0 saturated carbocycles. The van der Waals surface area contributed by atoms with Gasteiger partial charge in [0.1, 0.15) is 5.75 Å². The summed E-state index contributed by atoms with van der Waals surface area (Å²) in [5.74, 6) is 0.795. The Morgan fingerprint density at radius 2 is 2.00 bits per heavy atom. The molecule has 0 bridgehead atoms. The summed E-state index contributed by atoms with van der Waals surface area (Å²) >= 11 is 4.98. The summed E-state index contributed by atoms with van der Waals surface area (Å²) in [5.41, 5.74) is 0.657. The van der Waals surface area contributed by atoms with Crippen molar-refractivity contribution in [3.05, 3.63) is 63.4 Å². The molecular formula is C17H13BrO2S. The third-order valence-electron chi connectivity index (χ3n) is 3.15. The highest BCUT2D eigenvalue weighted by Crippen LogP contribution is 2.30. The number of ether oxygens (including phenoxy) is 1.